The van der Waals surface area contributed by atoms with Crippen molar-refractivity contribution in [1.82, 2.24) is 9.80 Å². The molecule has 2 N–H and O–H groups in total. The van der Waals surface area contributed by atoms with Crippen molar-refractivity contribution in [3.05, 3.63) is 36.4 Å². The molecule has 0 aliphatic carbocycles. The van der Waals surface area contributed by atoms with E-state index in [-0.39, 0.29) is 0 Å². The van der Waals surface area contributed by atoms with Gasteiger partial charge in [-0.15, -0.1) is 0 Å². The van der Waals surface area contributed by atoms with E-state index in [1.54, 1.807) is 0 Å². The highest BCUT2D eigenvalue weighted by molar-refractivity contribution is 5.64. The minimum absolute atomic E-state index is 0.637. The molecule has 0 saturated carbocycles. The van der Waals surface area contributed by atoms with Crippen LogP contribution in [-0.2, 0) is 0 Å². The van der Waals surface area contributed by atoms with Crippen LogP contribution in [0.15, 0.2) is 30.8 Å². The van der Waals surface area contributed by atoms with E-state index in [0.717, 1.165) is 17.9 Å². The second-order valence-corrected chi connectivity index (χ2v) is 6.05. The Balaban J connectivity index is 1.73. The van der Waals surface area contributed by atoms with Gasteiger partial charge < -0.3 is 10.6 Å². The van der Waals surface area contributed by atoms with Gasteiger partial charge in [0.15, 0.2) is 0 Å². The smallest absolute Gasteiger partial charge is 0.0433 e. The lowest BCUT2D eigenvalue weighted by Gasteiger charge is -2.38. The van der Waals surface area contributed by atoms with Gasteiger partial charge in [0.05, 0.1) is 0 Å². The van der Waals surface area contributed by atoms with Gasteiger partial charge in [-0.25, -0.2) is 0 Å². The largest absolute Gasteiger partial charge is 0.399 e. The Morgan fingerprint density at radius 2 is 1.89 bits per heavy atom. The Bertz CT molecular complexity index is 477. The molecule has 2 saturated heterocycles. The highest BCUT2D eigenvalue weighted by Gasteiger charge is 2.44. The average Bonchev–Trinajstić information content (AvgIpc) is 2.98. The topological polar surface area (TPSA) is 32.5 Å². The van der Waals surface area contributed by atoms with Gasteiger partial charge in [-0.1, -0.05) is 18.7 Å². The molecule has 19 heavy (non-hydrogen) atoms. The van der Waals surface area contributed by atoms with Gasteiger partial charge in [0.1, 0.15) is 0 Å². The number of hydrogen-bond donors (Lipinski definition) is 1. The molecule has 0 radical (unpaired) electrons. The molecule has 2 fully saturated rings. The maximum Gasteiger partial charge on any atom is 0.0433 e. The Hall–Kier alpha value is -1.48. The van der Waals surface area contributed by atoms with Gasteiger partial charge >= 0.3 is 0 Å². The molecule has 3 nitrogen and oxygen atoms in total. The molecule has 1 aromatic carbocycles. The normalized spacial score (nSPS) is 26.4. The van der Waals surface area contributed by atoms with Crippen LogP contribution in [0.3, 0.4) is 0 Å². The number of likely N-dealkylation sites (tertiary alicyclic amines) is 2. The number of piperazine rings is 1. The van der Waals surface area contributed by atoms with E-state index >= 15 is 0 Å². The van der Waals surface area contributed by atoms with Gasteiger partial charge in [0.25, 0.3) is 0 Å². The minimum Gasteiger partial charge on any atom is -0.399 e. The Morgan fingerprint density at radius 3 is 2.42 bits per heavy atom. The van der Waals surface area contributed by atoms with E-state index in [9.17, 15) is 0 Å². The summed E-state index contributed by atoms with van der Waals surface area (Å²) in [6, 6.07) is 10.0. The van der Waals surface area contributed by atoms with Crippen LogP contribution in [0.1, 0.15) is 25.8 Å². The van der Waals surface area contributed by atoms with E-state index in [0.29, 0.717) is 18.1 Å². The fourth-order valence-electron chi connectivity index (χ4n) is 3.50. The van der Waals surface area contributed by atoms with Gasteiger partial charge in [0.2, 0.25) is 0 Å². The molecule has 3 heteroatoms. The lowest BCUT2D eigenvalue weighted by atomic mass is 10.1. The van der Waals surface area contributed by atoms with Crippen molar-refractivity contribution in [3.8, 4) is 0 Å². The molecule has 2 aliphatic heterocycles. The molecule has 0 spiro atoms. The molecular formula is C16H23N3. The maximum atomic E-state index is 5.74. The first-order valence-corrected chi connectivity index (χ1v) is 7.13. The zero-order chi connectivity index (χ0) is 13.6. The number of anilines is 1. The van der Waals surface area contributed by atoms with Gasteiger partial charge in [-0.05, 0) is 38.0 Å². The van der Waals surface area contributed by atoms with Crippen molar-refractivity contribution < 1.29 is 0 Å². The van der Waals surface area contributed by atoms with Crippen molar-refractivity contribution in [2.75, 3.05) is 18.8 Å². The van der Waals surface area contributed by atoms with Crippen LogP contribution in [0.25, 0.3) is 5.70 Å². The molecule has 2 heterocycles. The summed E-state index contributed by atoms with van der Waals surface area (Å²) < 4.78 is 0. The van der Waals surface area contributed by atoms with Gasteiger partial charge in [-0.2, -0.15) is 0 Å². The molecule has 3 rings (SSSR count). The predicted octanol–water partition coefficient (Wildman–Crippen LogP) is 2.41. The summed E-state index contributed by atoms with van der Waals surface area (Å²) >= 11 is 0. The quantitative estimate of drug-likeness (QED) is 0.844. The monoisotopic (exact) mass is 257 g/mol. The average molecular weight is 257 g/mol. The van der Waals surface area contributed by atoms with Crippen molar-refractivity contribution >= 4 is 11.4 Å². The van der Waals surface area contributed by atoms with Crippen molar-refractivity contribution in [3.63, 3.8) is 0 Å². The molecule has 102 valence electrons. The minimum atomic E-state index is 0.637. The summed E-state index contributed by atoms with van der Waals surface area (Å²) in [5.74, 6) is 0. The maximum absolute atomic E-state index is 5.74. The Labute approximate surface area is 115 Å². The van der Waals surface area contributed by atoms with Gasteiger partial charge in [0, 0.05) is 42.6 Å². The van der Waals surface area contributed by atoms with E-state index in [4.69, 9.17) is 5.73 Å². The molecular weight excluding hydrogens is 234 g/mol. The van der Waals surface area contributed by atoms with Crippen molar-refractivity contribution in [1.29, 1.82) is 0 Å². The number of nitrogens with zero attached hydrogens (tertiary/aromatic N) is 2. The number of rotatable bonds is 3. The van der Waals surface area contributed by atoms with Crippen LogP contribution >= 0.6 is 0 Å². The Morgan fingerprint density at radius 1 is 1.21 bits per heavy atom. The van der Waals surface area contributed by atoms with Gasteiger partial charge in [-0.3, -0.25) is 4.90 Å². The fraction of sp³-hybridized carbons (Fsp3) is 0.500. The number of fused-ring (bicyclic) bond motifs is 2. The SMILES string of the molecule is C=C(c1ccc(N)cc1)N1C[C@@H]2C[C@H]1CN2C(C)C. The lowest BCUT2D eigenvalue weighted by Crippen LogP contribution is -2.47. The third-order valence-electron chi connectivity index (χ3n) is 4.54. The van der Waals surface area contributed by atoms with E-state index < -0.39 is 0 Å². The summed E-state index contributed by atoms with van der Waals surface area (Å²) in [6.07, 6.45) is 1.28. The summed E-state index contributed by atoms with van der Waals surface area (Å²) in [6.45, 7) is 11.2. The molecule has 0 unspecified atom stereocenters. The first kappa shape index (κ1) is 12.5. The number of nitrogen functional groups attached to an aromatic ring is 1. The molecule has 2 aliphatic rings. The third kappa shape index (κ3) is 2.12. The zero-order valence-electron chi connectivity index (χ0n) is 11.8. The third-order valence-corrected chi connectivity index (χ3v) is 4.54. The Kier molecular flexibility index (Phi) is 3.02. The first-order chi connectivity index (χ1) is 9.06. The van der Waals surface area contributed by atoms with Crippen LogP contribution in [-0.4, -0.2) is 41.0 Å². The van der Waals surface area contributed by atoms with Crippen LogP contribution in [0.2, 0.25) is 0 Å². The first-order valence-electron chi connectivity index (χ1n) is 7.13. The molecule has 2 bridgehead atoms. The molecule has 2 atom stereocenters. The van der Waals surface area contributed by atoms with Crippen molar-refractivity contribution in [2.24, 2.45) is 0 Å². The second kappa shape index (κ2) is 4.57. The van der Waals surface area contributed by atoms with Crippen LogP contribution in [0, 0.1) is 0 Å². The summed E-state index contributed by atoms with van der Waals surface area (Å²) in [4.78, 5) is 5.10. The van der Waals surface area contributed by atoms with Crippen LogP contribution < -0.4 is 5.73 Å². The summed E-state index contributed by atoms with van der Waals surface area (Å²) in [5.41, 5.74) is 8.89. The summed E-state index contributed by atoms with van der Waals surface area (Å²) in [7, 11) is 0. The van der Waals surface area contributed by atoms with Crippen LogP contribution in [0.4, 0.5) is 5.69 Å². The number of benzene rings is 1. The highest BCUT2D eigenvalue weighted by Crippen LogP contribution is 2.36. The second-order valence-electron chi connectivity index (χ2n) is 6.05. The molecule has 0 aromatic heterocycles. The van der Waals surface area contributed by atoms with E-state index in [2.05, 4.69) is 42.4 Å². The fourth-order valence-corrected chi connectivity index (χ4v) is 3.50. The zero-order valence-corrected chi connectivity index (χ0v) is 11.8. The number of hydrogen-bond acceptors (Lipinski definition) is 3. The molecule has 0 amide bonds. The predicted molar refractivity (Wildman–Crippen MR) is 80.6 cm³/mol. The van der Waals surface area contributed by atoms with E-state index in [1.165, 1.54) is 18.5 Å². The summed E-state index contributed by atoms with van der Waals surface area (Å²) in [5, 5.41) is 0. The standard InChI is InChI=1S/C16H23N3/c1-11(2)18-9-16-8-15(18)10-19(16)12(3)13-4-6-14(17)7-5-13/h4-7,11,15-16H,3,8-10,17H2,1-2H3/t15-,16-/m0/s1. The number of nitrogens with two attached hydrogens (primary N) is 1. The highest BCUT2D eigenvalue weighted by atomic mass is 15.4. The lowest BCUT2D eigenvalue weighted by molar-refractivity contribution is 0.137. The van der Waals surface area contributed by atoms with Crippen molar-refractivity contribution in [2.45, 2.75) is 38.4 Å². The molecule has 1 aromatic rings. The van der Waals surface area contributed by atoms with Crippen LogP contribution in [0.5, 0.6) is 0 Å². The van der Waals surface area contributed by atoms with E-state index in [1.807, 2.05) is 12.1 Å².